The summed E-state index contributed by atoms with van der Waals surface area (Å²) in [4.78, 5) is 1.20. The number of nitrogens with one attached hydrogen (secondary N) is 1. The van der Waals surface area contributed by atoms with Crippen LogP contribution in [-0.2, 0) is 0 Å². The molecule has 18 heavy (non-hydrogen) atoms. The Labute approximate surface area is 133 Å². The van der Waals surface area contributed by atoms with Crippen LogP contribution in [0, 0.1) is 6.92 Å². The van der Waals surface area contributed by atoms with Crippen molar-refractivity contribution in [2.24, 2.45) is 0 Å². The van der Waals surface area contributed by atoms with Gasteiger partial charge in [0.15, 0.2) is 0 Å². The molecule has 0 aliphatic carbocycles. The first kappa shape index (κ1) is 14.5. The summed E-state index contributed by atoms with van der Waals surface area (Å²) in [6, 6.07) is 8.66. The van der Waals surface area contributed by atoms with Crippen LogP contribution < -0.4 is 5.32 Å². The second-order valence-electron chi connectivity index (χ2n) is 4.05. The average molecular weight is 410 g/mol. The predicted molar refractivity (Wildman–Crippen MR) is 86.8 cm³/mol. The molecule has 0 aliphatic rings. The minimum absolute atomic E-state index is 0.162. The highest BCUT2D eigenvalue weighted by Crippen LogP contribution is 2.37. The van der Waals surface area contributed by atoms with E-state index in [1.165, 1.54) is 16.0 Å². The molecule has 0 bridgehead atoms. The zero-order chi connectivity index (χ0) is 13.3. The molecule has 2 rings (SSSR count). The Morgan fingerprint density at radius 2 is 1.94 bits per heavy atom. The first-order valence-corrected chi connectivity index (χ1v) is 8.18. The normalized spacial score (nSPS) is 12.7. The summed E-state index contributed by atoms with van der Waals surface area (Å²) in [7, 11) is 1.96. The van der Waals surface area contributed by atoms with Crippen LogP contribution in [0.4, 0.5) is 0 Å². The first-order valence-electron chi connectivity index (χ1n) is 5.40. The Bertz CT molecular complexity index is 528. The second kappa shape index (κ2) is 6.06. The van der Waals surface area contributed by atoms with E-state index in [0.717, 1.165) is 13.3 Å². The third kappa shape index (κ3) is 3.17. The summed E-state index contributed by atoms with van der Waals surface area (Å²) in [6.45, 7) is 2.10. The van der Waals surface area contributed by atoms with Gasteiger partial charge < -0.3 is 5.32 Å². The molecule has 96 valence electrons. The second-order valence-corrected chi connectivity index (χ2v) is 7.51. The lowest BCUT2D eigenvalue weighted by atomic mass is 10.0. The van der Waals surface area contributed by atoms with E-state index in [-0.39, 0.29) is 6.04 Å². The van der Waals surface area contributed by atoms with Crippen LogP contribution in [-0.4, -0.2) is 7.05 Å². The monoisotopic (exact) mass is 407 g/mol. The van der Waals surface area contributed by atoms with Crippen molar-refractivity contribution in [3.63, 3.8) is 0 Å². The molecule has 1 nitrogen and oxygen atoms in total. The molecule has 0 saturated heterocycles. The van der Waals surface area contributed by atoms with E-state index >= 15 is 0 Å². The average Bonchev–Trinajstić information content (AvgIpc) is 2.58. The van der Waals surface area contributed by atoms with Crippen LogP contribution in [0.15, 0.2) is 33.2 Å². The molecule has 1 aromatic heterocycles. The van der Waals surface area contributed by atoms with Crippen molar-refractivity contribution >= 4 is 54.8 Å². The first-order chi connectivity index (χ1) is 8.51. The van der Waals surface area contributed by atoms with Gasteiger partial charge in [-0.2, -0.15) is 0 Å². The molecule has 1 atom stereocenters. The highest BCUT2D eigenvalue weighted by Gasteiger charge is 2.17. The Morgan fingerprint density at radius 1 is 1.22 bits per heavy atom. The molecule has 0 fully saturated rings. The minimum atomic E-state index is 0.162. The Hall–Kier alpha value is 0.130. The number of thiophene rings is 1. The van der Waals surface area contributed by atoms with Crippen molar-refractivity contribution in [1.29, 1.82) is 0 Å². The van der Waals surface area contributed by atoms with E-state index in [1.54, 1.807) is 11.3 Å². The lowest BCUT2D eigenvalue weighted by Crippen LogP contribution is -2.16. The highest BCUT2D eigenvalue weighted by atomic mass is 79.9. The number of rotatable bonds is 3. The molecule has 0 spiro atoms. The van der Waals surface area contributed by atoms with Crippen LogP contribution in [0.25, 0.3) is 0 Å². The summed E-state index contributed by atoms with van der Waals surface area (Å²) >= 11 is 14.7. The molecule has 2 aromatic rings. The Kier molecular flexibility index (Phi) is 4.89. The summed E-state index contributed by atoms with van der Waals surface area (Å²) in [6.07, 6.45) is 0. The van der Waals surface area contributed by atoms with E-state index in [0.29, 0.717) is 0 Å². The van der Waals surface area contributed by atoms with Crippen LogP contribution >= 0.6 is 54.8 Å². The quantitative estimate of drug-likeness (QED) is 0.701. The molecule has 1 heterocycles. The van der Waals surface area contributed by atoms with Crippen molar-refractivity contribution in [2.75, 3.05) is 7.05 Å². The van der Waals surface area contributed by atoms with Crippen molar-refractivity contribution in [3.8, 4) is 0 Å². The fourth-order valence-corrected chi connectivity index (χ4v) is 4.41. The number of halogens is 3. The number of aryl methyl sites for hydroxylation is 1. The van der Waals surface area contributed by atoms with E-state index in [1.807, 2.05) is 7.05 Å². The van der Waals surface area contributed by atoms with Crippen molar-refractivity contribution in [1.82, 2.24) is 5.32 Å². The third-order valence-corrected chi connectivity index (χ3v) is 5.63. The van der Waals surface area contributed by atoms with Crippen molar-refractivity contribution in [3.05, 3.63) is 53.6 Å². The molecular formula is C13H12Br2ClNS. The molecule has 0 aliphatic heterocycles. The Morgan fingerprint density at radius 3 is 2.44 bits per heavy atom. The zero-order valence-corrected chi connectivity index (χ0v) is 14.7. The van der Waals surface area contributed by atoms with Gasteiger partial charge in [0.25, 0.3) is 0 Å². The van der Waals surface area contributed by atoms with Gasteiger partial charge in [-0.05, 0) is 59.2 Å². The van der Waals surface area contributed by atoms with Gasteiger partial charge >= 0.3 is 0 Å². The topological polar surface area (TPSA) is 12.0 Å². The summed E-state index contributed by atoms with van der Waals surface area (Å²) < 4.78 is 2.84. The zero-order valence-electron chi connectivity index (χ0n) is 9.93. The van der Waals surface area contributed by atoms with Crippen LogP contribution in [0.5, 0.6) is 0 Å². The van der Waals surface area contributed by atoms with Crippen molar-refractivity contribution in [2.45, 2.75) is 13.0 Å². The van der Waals surface area contributed by atoms with Gasteiger partial charge in [-0.15, -0.1) is 11.3 Å². The maximum Gasteiger partial charge on any atom is 0.107 e. The molecule has 5 heteroatoms. The van der Waals surface area contributed by atoms with Crippen LogP contribution in [0.2, 0.25) is 4.34 Å². The number of hydrogen-bond acceptors (Lipinski definition) is 2. The van der Waals surface area contributed by atoms with E-state index in [9.17, 15) is 0 Å². The largest absolute Gasteiger partial charge is 0.309 e. The third-order valence-electron chi connectivity index (χ3n) is 2.64. The minimum Gasteiger partial charge on any atom is -0.309 e. The molecule has 1 N–H and O–H groups in total. The van der Waals surface area contributed by atoms with Gasteiger partial charge in [0.1, 0.15) is 4.34 Å². The summed E-state index contributed by atoms with van der Waals surface area (Å²) in [5.74, 6) is 0. The SMILES string of the molecule is CNC(c1cc(C)cc(Br)c1)c1cc(Br)c(Cl)s1. The van der Waals surface area contributed by atoms with Gasteiger partial charge in [0, 0.05) is 13.8 Å². The number of benzene rings is 1. The molecule has 0 saturated carbocycles. The molecule has 1 unspecified atom stereocenters. The standard InChI is InChI=1S/C13H12Br2ClNS/c1-7-3-8(5-9(14)4-7)12(17-2)11-6-10(15)13(16)18-11/h3-6,12,17H,1-2H3. The van der Waals surface area contributed by atoms with E-state index in [2.05, 4.69) is 68.4 Å². The molecular weight excluding hydrogens is 397 g/mol. The van der Waals surface area contributed by atoms with Gasteiger partial charge in [-0.25, -0.2) is 0 Å². The predicted octanol–water partition coefficient (Wildman–Crippen LogP) is 5.54. The Balaban J connectivity index is 2.44. The molecule has 0 amide bonds. The molecule has 1 aromatic carbocycles. The van der Waals surface area contributed by atoms with Gasteiger partial charge in [0.05, 0.1) is 6.04 Å². The van der Waals surface area contributed by atoms with Crippen LogP contribution in [0.3, 0.4) is 0 Å². The summed E-state index contributed by atoms with van der Waals surface area (Å²) in [5, 5.41) is 3.34. The lowest BCUT2D eigenvalue weighted by molar-refractivity contribution is 0.702. The lowest BCUT2D eigenvalue weighted by Gasteiger charge is -2.16. The summed E-state index contributed by atoms with van der Waals surface area (Å²) in [5.41, 5.74) is 2.47. The van der Waals surface area contributed by atoms with Gasteiger partial charge in [-0.3, -0.25) is 0 Å². The van der Waals surface area contributed by atoms with Crippen LogP contribution in [0.1, 0.15) is 22.0 Å². The van der Waals surface area contributed by atoms with Gasteiger partial charge in [0.2, 0.25) is 0 Å². The molecule has 0 radical (unpaired) electrons. The maximum absolute atomic E-state index is 6.12. The smallest absolute Gasteiger partial charge is 0.107 e. The van der Waals surface area contributed by atoms with Gasteiger partial charge in [-0.1, -0.05) is 33.6 Å². The van der Waals surface area contributed by atoms with E-state index < -0.39 is 0 Å². The maximum atomic E-state index is 6.12. The highest BCUT2D eigenvalue weighted by molar-refractivity contribution is 9.10. The van der Waals surface area contributed by atoms with Crippen molar-refractivity contribution < 1.29 is 0 Å². The van der Waals surface area contributed by atoms with E-state index in [4.69, 9.17) is 11.6 Å². The fourth-order valence-electron chi connectivity index (χ4n) is 1.91. The fraction of sp³-hybridized carbons (Fsp3) is 0.231. The number of hydrogen-bond donors (Lipinski definition) is 1.